The fourth-order valence-electron chi connectivity index (χ4n) is 3.94. The van der Waals surface area contributed by atoms with Gasteiger partial charge in [-0.25, -0.2) is 4.39 Å². The Hall–Kier alpha value is -4.75. The normalized spacial score (nSPS) is 12.3. The van der Waals surface area contributed by atoms with Crippen molar-refractivity contribution in [3.8, 4) is 16.9 Å². The molecular weight excluding hydrogens is 571 g/mol. The fourth-order valence-corrected chi connectivity index (χ4v) is 4.11. The minimum atomic E-state index is -0.579. The van der Waals surface area contributed by atoms with Crippen LogP contribution < -0.4 is 26.4 Å². The maximum absolute atomic E-state index is 15.3. The van der Waals surface area contributed by atoms with E-state index < -0.39 is 5.82 Å². The fraction of sp³-hybridized carbons (Fsp3) is 0.267. The third kappa shape index (κ3) is 8.63. The Morgan fingerprint density at radius 3 is 2.58 bits per heavy atom. The average Bonchev–Trinajstić information content (AvgIpc) is 3.83. The molecule has 1 saturated carbocycles. The van der Waals surface area contributed by atoms with Gasteiger partial charge in [0.25, 0.3) is 0 Å². The largest absolute Gasteiger partial charge is 0.494 e. The molecule has 2 aromatic heterocycles. The highest BCUT2D eigenvalue weighted by Gasteiger charge is 2.30. The molecule has 1 aromatic carbocycles. The van der Waals surface area contributed by atoms with E-state index >= 15 is 4.39 Å². The van der Waals surface area contributed by atoms with Gasteiger partial charge in [-0.05, 0) is 45.1 Å². The van der Waals surface area contributed by atoms with Gasteiger partial charge in [-0.1, -0.05) is 30.9 Å². The number of carbonyl (C=O) groups excluding carboxylic acids is 2. The van der Waals surface area contributed by atoms with Crippen LogP contribution in [0.25, 0.3) is 16.8 Å². The Bertz CT molecular complexity index is 1530. The van der Waals surface area contributed by atoms with Crippen LogP contribution in [-0.4, -0.2) is 72.4 Å². The number of methoxy groups -OCH3 is 1. The first-order valence-corrected chi connectivity index (χ1v) is 13.8. The summed E-state index contributed by atoms with van der Waals surface area (Å²) in [5.74, 6) is -0.149. The van der Waals surface area contributed by atoms with Crippen LogP contribution in [0.1, 0.15) is 29.0 Å². The maximum Gasteiger partial charge on any atom is 0.228 e. The average molecular weight is 607 g/mol. The lowest BCUT2D eigenvalue weighted by atomic mass is 10.0. The number of pyridine rings is 1. The molecule has 43 heavy (non-hydrogen) atoms. The second-order valence-corrected chi connectivity index (χ2v) is 9.93. The molecule has 0 unspecified atom stereocenters. The molecule has 1 aliphatic rings. The van der Waals surface area contributed by atoms with Gasteiger partial charge in [0.05, 0.1) is 30.7 Å². The van der Waals surface area contributed by atoms with E-state index in [0.29, 0.717) is 52.5 Å². The number of allylic oxidation sites excluding steroid dienone is 1. The molecule has 5 N–H and O–H groups in total. The molecule has 0 saturated heterocycles. The topological polar surface area (TPSA) is 147 Å². The van der Waals surface area contributed by atoms with Crippen molar-refractivity contribution in [1.82, 2.24) is 25.4 Å². The molecule has 0 atom stereocenters. The molecule has 1 amide bonds. The highest BCUT2D eigenvalue weighted by Crippen LogP contribution is 2.39. The number of nitrogens with zero attached hydrogens (tertiary/aromatic N) is 4. The number of carbonyl (C=O) groups is 2. The molecule has 0 aliphatic heterocycles. The first-order valence-electron chi connectivity index (χ1n) is 13.3. The van der Waals surface area contributed by atoms with Gasteiger partial charge in [-0.2, -0.15) is 0 Å². The third-order valence-corrected chi connectivity index (χ3v) is 6.35. The maximum atomic E-state index is 15.3. The van der Waals surface area contributed by atoms with E-state index in [4.69, 9.17) is 22.7 Å². The minimum Gasteiger partial charge on any atom is -0.494 e. The van der Waals surface area contributed by atoms with Gasteiger partial charge in [-0.15, -0.1) is 10.2 Å². The van der Waals surface area contributed by atoms with E-state index in [-0.39, 0.29) is 29.0 Å². The SMILES string of the molecule is C=C(c1ncc(-c2cccc(Nc3cc(NC(=O)C4CC4)nnc3C=O)c2OC)cc1F)N(C)C/C(N)=C/C=S.CNC. The van der Waals surface area contributed by atoms with Gasteiger partial charge in [0, 0.05) is 47.4 Å². The zero-order valence-electron chi connectivity index (χ0n) is 24.5. The molecule has 11 nitrogen and oxygen atoms in total. The number of ether oxygens (including phenoxy) is 1. The summed E-state index contributed by atoms with van der Waals surface area (Å²) < 4.78 is 20.9. The number of anilines is 3. The summed E-state index contributed by atoms with van der Waals surface area (Å²) in [5.41, 5.74) is 8.67. The van der Waals surface area contributed by atoms with Crippen molar-refractivity contribution in [3.05, 3.63) is 72.1 Å². The summed E-state index contributed by atoms with van der Waals surface area (Å²) in [7, 11) is 6.95. The third-order valence-electron chi connectivity index (χ3n) is 6.21. The van der Waals surface area contributed by atoms with Crippen molar-refractivity contribution in [2.45, 2.75) is 12.8 Å². The molecule has 2 heterocycles. The van der Waals surface area contributed by atoms with E-state index in [1.165, 1.54) is 30.8 Å². The summed E-state index contributed by atoms with van der Waals surface area (Å²) in [6, 6.07) is 8.10. The summed E-state index contributed by atoms with van der Waals surface area (Å²) >= 11 is 4.79. The minimum absolute atomic E-state index is 0.0238. The summed E-state index contributed by atoms with van der Waals surface area (Å²) in [5, 5.41) is 17.8. The summed E-state index contributed by atoms with van der Waals surface area (Å²) in [4.78, 5) is 29.8. The van der Waals surface area contributed by atoms with Crippen molar-refractivity contribution in [3.63, 3.8) is 0 Å². The lowest BCUT2D eigenvalue weighted by Gasteiger charge is -2.22. The lowest BCUT2D eigenvalue weighted by molar-refractivity contribution is -0.117. The van der Waals surface area contributed by atoms with Crippen molar-refractivity contribution >= 4 is 52.7 Å². The number of aldehydes is 1. The lowest BCUT2D eigenvalue weighted by Crippen LogP contribution is -2.23. The number of likely N-dealkylation sites (N-methyl/N-ethyl adjacent to an activating group) is 1. The van der Waals surface area contributed by atoms with Crippen LogP contribution in [0.5, 0.6) is 5.75 Å². The zero-order chi connectivity index (χ0) is 31.5. The van der Waals surface area contributed by atoms with E-state index in [2.05, 4.69) is 37.7 Å². The van der Waals surface area contributed by atoms with Gasteiger partial charge < -0.3 is 31.3 Å². The van der Waals surface area contributed by atoms with E-state index in [1.807, 2.05) is 14.1 Å². The number of hydrogen-bond acceptors (Lipinski definition) is 11. The van der Waals surface area contributed by atoms with Crippen LogP contribution in [0.2, 0.25) is 0 Å². The molecular formula is C30H35FN8O3S. The smallest absolute Gasteiger partial charge is 0.228 e. The molecule has 0 radical (unpaired) electrons. The molecule has 13 heteroatoms. The Labute approximate surface area is 255 Å². The number of thiocarbonyl (C=S) groups is 1. The number of aromatic nitrogens is 3. The molecule has 0 bridgehead atoms. The Morgan fingerprint density at radius 2 is 1.98 bits per heavy atom. The highest BCUT2D eigenvalue weighted by atomic mass is 32.1. The number of benzene rings is 1. The standard InChI is InChI=1S/C28H28FN7O3S.C2H7N/c1-16(36(2)14-19(30)9-10-40)26-21(29)11-18(13-31-26)20-5-4-6-22(27(20)39-3)32-23-12-25(35-34-24(23)15-37)33-28(38)17-7-8-17;1-3-2/h4-6,9-13,15,17H,1,7-8,14,30H2,2-3H3,(H2,32,33,35,38);3H,1-2H3/b19-9-;. The molecule has 1 fully saturated rings. The predicted molar refractivity (Wildman–Crippen MR) is 171 cm³/mol. The molecule has 3 aromatic rings. The number of rotatable bonds is 12. The van der Waals surface area contributed by atoms with Crippen LogP contribution in [0.3, 0.4) is 0 Å². The first-order chi connectivity index (χ1) is 20.7. The second-order valence-electron chi connectivity index (χ2n) is 9.66. The highest BCUT2D eigenvalue weighted by molar-refractivity contribution is 7.79. The van der Waals surface area contributed by atoms with Crippen molar-refractivity contribution in [2.75, 3.05) is 45.4 Å². The Balaban J connectivity index is 0.00000162. The van der Waals surface area contributed by atoms with Gasteiger partial charge in [0.15, 0.2) is 17.9 Å². The van der Waals surface area contributed by atoms with Crippen molar-refractivity contribution in [1.29, 1.82) is 0 Å². The van der Waals surface area contributed by atoms with Crippen LogP contribution >= 0.6 is 12.2 Å². The van der Waals surface area contributed by atoms with Gasteiger partial charge in [0.2, 0.25) is 5.91 Å². The number of amides is 1. The van der Waals surface area contributed by atoms with Crippen LogP contribution in [0.4, 0.5) is 21.6 Å². The van der Waals surface area contributed by atoms with Crippen molar-refractivity contribution < 1.29 is 18.7 Å². The van der Waals surface area contributed by atoms with Crippen LogP contribution in [-0.2, 0) is 4.79 Å². The van der Waals surface area contributed by atoms with E-state index in [1.54, 1.807) is 36.2 Å². The Morgan fingerprint density at radius 1 is 1.26 bits per heavy atom. The Kier molecular flexibility index (Phi) is 11.8. The van der Waals surface area contributed by atoms with Crippen LogP contribution in [0, 0.1) is 11.7 Å². The first kappa shape index (κ1) is 32.8. The molecule has 1 aliphatic carbocycles. The van der Waals surface area contributed by atoms with Gasteiger partial charge >= 0.3 is 0 Å². The zero-order valence-corrected chi connectivity index (χ0v) is 25.3. The molecule has 4 rings (SSSR count). The van der Waals surface area contributed by atoms with E-state index in [0.717, 1.165) is 12.8 Å². The predicted octanol–water partition coefficient (Wildman–Crippen LogP) is 4.17. The summed E-state index contributed by atoms with van der Waals surface area (Å²) in [6.07, 6.45) is 5.33. The molecule has 0 spiro atoms. The van der Waals surface area contributed by atoms with Gasteiger partial charge in [0.1, 0.15) is 17.1 Å². The quantitative estimate of drug-likeness (QED) is 0.134. The monoisotopic (exact) mass is 606 g/mol. The number of nitrogens with one attached hydrogen (secondary N) is 3. The van der Waals surface area contributed by atoms with E-state index in [9.17, 15) is 9.59 Å². The van der Waals surface area contributed by atoms with Gasteiger partial charge in [-0.3, -0.25) is 14.6 Å². The van der Waals surface area contributed by atoms with Crippen molar-refractivity contribution in [2.24, 2.45) is 11.7 Å². The van der Waals surface area contributed by atoms with Crippen LogP contribution in [0.15, 0.2) is 54.9 Å². The number of para-hydroxylation sites is 1. The second kappa shape index (κ2) is 15.5. The number of nitrogens with two attached hydrogens (primary N) is 1. The molecule has 226 valence electrons. The number of halogens is 1. The number of hydrogen-bond donors (Lipinski definition) is 4. The summed E-state index contributed by atoms with van der Waals surface area (Å²) in [6.45, 7) is 4.25.